The molecule has 0 bridgehead atoms. The molecule has 2 aromatic rings. The Bertz CT molecular complexity index is 762. The number of hydrogen-bond donors (Lipinski definition) is 1. The molecule has 0 aliphatic carbocycles. The first-order valence-electron chi connectivity index (χ1n) is 6.75. The molecule has 0 saturated carbocycles. The summed E-state index contributed by atoms with van der Waals surface area (Å²) in [5.41, 5.74) is -0.206. The summed E-state index contributed by atoms with van der Waals surface area (Å²) in [7, 11) is 0. The summed E-state index contributed by atoms with van der Waals surface area (Å²) < 4.78 is 41.8. The Labute approximate surface area is 139 Å². The summed E-state index contributed by atoms with van der Waals surface area (Å²) in [6.45, 7) is -0.751. The number of fused-ring (bicyclic) bond motifs is 1. The van der Waals surface area contributed by atoms with Gasteiger partial charge in [-0.3, -0.25) is 0 Å². The molecule has 3 rings (SSSR count). The Balaban J connectivity index is 2.16. The molecule has 0 spiro atoms. The maximum atomic E-state index is 14.1. The average molecular weight is 367 g/mol. The number of pyridine rings is 1. The van der Waals surface area contributed by atoms with E-state index in [0.717, 1.165) is 0 Å². The van der Waals surface area contributed by atoms with Gasteiger partial charge in [-0.05, 0) is 18.0 Å². The molecule has 0 amide bonds. The third-order valence-corrected chi connectivity index (χ3v) is 4.02. The van der Waals surface area contributed by atoms with Gasteiger partial charge in [0.25, 0.3) is 5.92 Å². The zero-order valence-electron chi connectivity index (χ0n) is 11.6. The molecule has 23 heavy (non-hydrogen) atoms. The predicted molar refractivity (Wildman–Crippen MR) is 79.7 cm³/mol. The molecule has 0 unspecified atom stereocenters. The van der Waals surface area contributed by atoms with E-state index in [0.29, 0.717) is 0 Å². The maximum absolute atomic E-state index is 14.1. The van der Waals surface area contributed by atoms with Gasteiger partial charge in [0.1, 0.15) is 11.3 Å². The summed E-state index contributed by atoms with van der Waals surface area (Å²) in [4.78, 5) is 12.5. The summed E-state index contributed by atoms with van der Waals surface area (Å²) >= 11 is 11.4. The molecule has 0 radical (unpaired) electrons. The molecule has 124 valence electrons. The van der Waals surface area contributed by atoms with Gasteiger partial charge in [-0.1, -0.05) is 11.6 Å². The van der Waals surface area contributed by atoms with E-state index >= 15 is 0 Å². The van der Waals surface area contributed by atoms with Crippen LogP contribution in [0.5, 0.6) is 0 Å². The van der Waals surface area contributed by atoms with Crippen LogP contribution in [0.15, 0.2) is 6.20 Å². The van der Waals surface area contributed by atoms with Crippen LogP contribution in [0.1, 0.15) is 12.8 Å². The minimum Gasteiger partial charge on any atom is -0.391 e. The van der Waals surface area contributed by atoms with Crippen molar-refractivity contribution in [3.63, 3.8) is 0 Å². The number of β-amino-alcohol motifs (C(OH)–C–C–N with tert-alkyl or cyclic N) is 1. The van der Waals surface area contributed by atoms with Gasteiger partial charge >= 0.3 is 0 Å². The molecule has 3 heterocycles. The van der Waals surface area contributed by atoms with Crippen LogP contribution in [0, 0.1) is 5.82 Å². The van der Waals surface area contributed by atoms with Crippen LogP contribution in [0.3, 0.4) is 0 Å². The number of aliphatic hydroxyl groups is 1. The van der Waals surface area contributed by atoms with Crippen molar-refractivity contribution in [1.29, 1.82) is 0 Å². The van der Waals surface area contributed by atoms with Gasteiger partial charge in [0.15, 0.2) is 11.0 Å². The van der Waals surface area contributed by atoms with Crippen molar-refractivity contribution in [2.45, 2.75) is 24.9 Å². The lowest BCUT2D eigenvalue weighted by molar-refractivity contribution is -0.00114. The lowest BCUT2D eigenvalue weighted by atomic mass is 10.1. The minimum absolute atomic E-state index is 0.0105. The highest BCUT2D eigenvalue weighted by molar-refractivity contribution is 6.30. The number of anilines is 1. The molecular formula is C13H11Cl2F3N4O. The fraction of sp³-hybridized carbons (Fsp3) is 0.462. The molecule has 2 aromatic heterocycles. The number of halogens is 5. The van der Waals surface area contributed by atoms with E-state index in [1.807, 2.05) is 0 Å². The van der Waals surface area contributed by atoms with E-state index in [1.54, 1.807) is 0 Å². The number of aliphatic hydroxyl groups excluding tert-OH is 1. The molecule has 1 aliphatic rings. The highest BCUT2D eigenvalue weighted by Crippen LogP contribution is 2.33. The highest BCUT2D eigenvalue weighted by Gasteiger charge is 2.37. The Morgan fingerprint density at radius 3 is 2.78 bits per heavy atom. The molecule has 10 heteroatoms. The van der Waals surface area contributed by atoms with E-state index in [9.17, 15) is 18.3 Å². The van der Waals surface area contributed by atoms with Crippen LogP contribution in [0.4, 0.5) is 19.0 Å². The Morgan fingerprint density at radius 1 is 1.30 bits per heavy atom. The van der Waals surface area contributed by atoms with Crippen molar-refractivity contribution in [2.24, 2.45) is 0 Å². The molecular weight excluding hydrogens is 356 g/mol. The Kier molecular flexibility index (Phi) is 4.24. The largest absolute Gasteiger partial charge is 0.391 e. The lowest BCUT2D eigenvalue weighted by Gasteiger charge is -2.26. The molecule has 1 saturated heterocycles. The van der Waals surface area contributed by atoms with E-state index in [2.05, 4.69) is 15.0 Å². The van der Waals surface area contributed by atoms with Crippen molar-refractivity contribution in [3.05, 3.63) is 22.5 Å². The molecule has 0 aromatic carbocycles. The number of hydrogen-bond acceptors (Lipinski definition) is 5. The van der Waals surface area contributed by atoms with E-state index in [1.165, 1.54) is 11.1 Å². The zero-order chi connectivity index (χ0) is 16.8. The molecule has 1 fully saturated rings. The lowest BCUT2D eigenvalue weighted by Crippen LogP contribution is -2.37. The minimum atomic E-state index is -3.01. The number of aromatic nitrogens is 3. The van der Waals surface area contributed by atoms with E-state index < -0.39 is 36.0 Å². The van der Waals surface area contributed by atoms with Crippen molar-refractivity contribution in [3.8, 4) is 0 Å². The topological polar surface area (TPSA) is 62.1 Å². The van der Waals surface area contributed by atoms with Gasteiger partial charge in [-0.25, -0.2) is 23.1 Å². The first-order chi connectivity index (χ1) is 10.8. The van der Waals surface area contributed by atoms with Crippen LogP contribution in [-0.4, -0.2) is 45.2 Å². The predicted octanol–water partition coefficient (Wildman–Crippen LogP) is 3.07. The summed E-state index contributed by atoms with van der Waals surface area (Å²) in [5, 5.41) is 9.22. The van der Waals surface area contributed by atoms with Crippen molar-refractivity contribution in [2.75, 3.05) is 18.0 Å². The average Bonchev–Trinajstić information content (AvgIpc) is 2.61. The van der Waals surface area contributed by atoms with Crippen LogP contribution >= 0.6 is 23.2 Å². The van der Waals surface area contributed by atoms with Crippen LogP contribution < -0.4 is 4.90 Å². The summed E-state index contributed by atoms with van der Waals surface area (Å²) in [6.07, 6.45) is -0.252. The molecule has 1 aliphatic heterocycles. The number of alkyl halides is 2. The molecule has 1 atom stereocenters. The summed E-state index contributed by atoms with van der Waals surface area (Å²) in [6, 6.07) is 0. The third kappa shape index (κ3) is 3.29. The van der Waals surface area contributed by atoms with Gasteiger partial charge in [-0.15, -0.1) is 0 Å². The van der Waals surface area contributed by atoms with Crippen molar-refractivity contribution < 1.29 is 18.3 Å². The first kappa shape index (κ1) is 16.5. The Hall–Kier alpha value is -1.38. The van der Waals surface area contributed by atoms with Crippen molar-refractivity contribution in [1.82, 2.24) is 15.0 Å². The fourth-order valence-electron chi connectivity index (χ4n) is 2.54. The van der Waals surface area contributed by atoms with Gasteiger partial charge in [0.05, 0.1) is 18.0 Å². The van der Waals surface area contributed by atoms with E-state index in [4.69, 9.17) is 23.2 Å². The standard InChI is InChI=1S/C13H11Cl2F3N4O/c14-10-8(16)9-7(3-19-10)11(21-12(15)20-9)22-4-6(23)1-2-13(17,18)5-22/h3,6,23H,1-2,4-5H2/t6-/m1/s1. The molecule has 5 nitrogen and oxygen atoms in total. The number of rotatable bonds is 1. The van der Waals surface area contributed by atoms with E-state index in [-0.39, 0.29) is 35.0 Å². The van der Waals surface area contributed by atoms with Gasteiger partial charge in [-0.2, -0.15) is 4.98 Å². The van der Waals surface area contributed by atoms with Gasteiger partial charge < -0.3 is 10.0 Å². The quantitative estimate of drug-likeness (QED) is 0.620. The Morgan fingerprint density at radius 2 is 2.04 bits per heavy atom. The second-order valence-electron chi connectivity index (χ2n) is 5.37. The van der Waals surface area contributed by atoms with Gasteiger partial charge in [0, 0.05) is 19.2 Å². The first-order valence-corrected chi connectivity index (χ1v) is 7.50. The second kappa shape index (κ2) is 5.92. The monoisotopic (exact) mass is 366 g/mol. The summed E-state index contributed by atoms with van der Waals surface area (Å²) in [5.74, 6) is -3.93. The third-order valence-electron chi connectivity index (χ3n) is 3.59. The normalized spacial score (nSPS) is 21.5. The van der Waals surface area contributed by atoms with Crippen LogP contribution in [0.2, 0.25) is 10.4 Å². The van der Waals surface area contributed by atoms with Gasteiger partial charge in [0.2, 0.25) is 5.28 Å². The number of nitrogens with zero attached hydrogens (tertiary/aromatic N) is 4. The highest BCUT2D eigenvalue weighted by atomic mass is 35.5. The smallest absolute Gasteiger partial charge is 0.265 e. The van der Waals surface area contributed by atoms with Crippen molar-refractivity contribution >= 4 is 39.9 Å². The van der Waals surface area contributed by atoms with Crippen LogP contribution in [-0.2, 0) is 0 Å². The maximum Gasteiger partial charge on any atom is 0.265 e. The fourth-order valence-corrected chi connectivity index (χ4v) is 2.84. The molecule has 1 N–H and O–H groups in total. The second-order valence-corrected chi connectivity index (χ2v) is 6.07. The SMILES string of the molecule is O[C@@H]1CCC(F)(F)CN(c2nc(Cl)nc3c(F)c(Cl)ncc23)C1. The van der Waals surface area contributed by atoms with Crippen LogP contribution in [0.25, 0.3) is 10.9 Å². The zero-order valence-corrected chi connectivity index (χ0v) is 13.1.